The molecule has 2 aliphatic rings. The highest BCUT2D eigenvalue weighted by molar-refractivity contribution is 7.89. The number of alkyl halides is 3. The van der Waals surface area contributed by atoms with E-state index in [-0.39, 0.29) is 10.3 Å². The zero-order chi connectivity index (χ0) is 15.3. The third-order valence-electron chi connectivity index (χ3n) is 3.72. The van der Waals surface area contributed by atoms with E-state index < -0.39 is 22.1 Å². The van der Waals surface area contributed by atoms with Crippen molar-refractivity contribution in [2.24, 2.45) is 5.41 Å². The number of hydrogen-bond acceptors (Lipinski definition) is 4. The Labute approximate surface area is 119 Å². The standard InChI is InChI=1S/C12H13F3N2O3S/c13-12(14,15)20-9-1-3-10(4-2-9)21(18,19)17-7-11(8-17)5-16-6-11/h1-4,16H,5-8H2. The summed E-state index contributed by atoms with van der Waals surface area (Å²) in [4.78, 5) is -0.0286. The lowest BCUT2D eigenvalue weighted by Crippen LogP contribution is -2.71. The maximum Gasteiger partial charge on any atom is 0.573 e. The van der Waals surface area contributed by atoms with E-state index in [1.807, 2.05) is 0 Å². The molecule has 9 heteroatoms. The Morgan fingerprint density at radius 1 is 1.14 bits per heavy atom. The number of hydrogen-bond donors (Lipinski definition) is 1. The van der Waals surface area contributed by atoms with Crippen LogP contribution in [0.15, 0.2) is 29.2 Å². The summed E-state index contributed by atoms with van der Waals surface area (Å²) in [6, 6.07) is 4.25. The monoisotopic (exact) mass is 322 g/mol. The van der Waals surface area contributed by atoms with Crippen LogP contribution >= 0.6 is 0 Å². The molecule has 116 valence electrons. The van der Waals surface area contributed by atoms with Gasteiger partial charge in [0.1, 0.15) is 5.75 Å². The van der Waals surface area contributed by atoms with Crippen LogP contribution in [0.2, 0.25) is 0 Å². The summed E-state index contributed by atoms with van der Waals surface area (Å²) >= 11 is 0. The molecule has 2 fully saturated rings. The molecule has 0 amide bonds. The van der Waals surface area contributed by atoms with Crippen LogP contribution < -0.4 is 10.1 Å². The average Bonchev–Trinajstić information content (AvgIpc) is 2.23. The first-order valence-electron chi connectivity index (χ1n) is 6.27. The lowest BCUT2D eigenvalue weighted by molar-refractivity contribution is -0.274. The second kappa shape index (κ2) is 4.59. The predicted octanol–water partition coefficient (Wildman–Crippen LogP) is 1.18. The topological polar surface area (TPSA) is 58.6 Å². The normalized spacial score (nSPS) is 21.7. The van der Waals surface area contributed by atoms with Gasteiger partial charge < -0.3 is 10.1 Å². The molecule has 1 N–H and O–H groups in total. The fraction of sp³-hybridized carbons (Fsp3) is 0.500. The highest BCUT2D eigenvalue weighted by Gasteiger charge is 2.51. The smallest absolute Gasteiger partial charge is 0.406 e. The van der Waals surface area contributed by atoms with Gasteiger partial charge in [-0.05, 0) is 24.3 Å². The number of nitrogens with zero attached hydrogens (tertiary/aromatic N) is 1. The van der Waals surface area contributed by atoms with Gasteiger partial charge in [-0.15, -0.1) is 13.2 Å². The number of nitrogens with one attached hydrogen (secondary N) is 1. The third kappa shape index (κ3) is 2.72. The van der Waals surface area contributed by atoms with Crippen molar-refractivity contribution in [3.8, 4) is 5.75 Å². The molecule has 1 spiro atoms. The van der Waals surface area contributed by atoms with Crippen molar-refractivity contribution in [2.75, 3.05) is 26.2 Å². The molecule has 1 aromatic rings. The molecule has 1 aromatic carbocycles. The zero-order valence-corrected chi connectivity index (χ0v) is 11.7. The van der Waals surface area contributed by atoms with E-state index in [4.69, 9.17) is 0 Å². The van der Waals surface area contributed by atoms with Crippen molar-refractivity contribution in [2.45, 2.75) is 11.3 Å². The van der Waals surface area contributed by atoms with Crippen LogP contribution in [0, 0.1) is 5.41 Å². The predicted molar refractivity (Wildman–Crippen MR) is 67.2 cm³/mol. The Morgan fingerprint density at radius 3 is 2.14 bits per heavy atom. The van der Waals surface area contributed by atoms with E-state index in [1.54, 1.807) is 0 Å². The minimum atomic E-state index is -4.79. The van der Waals surface area contributed by atoms with E-state index in [2.05, 4.69) is 10.1 Å². The molecule has 5 nitrogen and oxygen atoms in total. The number of benzene rings is 1. The number of rotatable bonds is 3. The molecule has 0 aromatic heterocycles. The molecule has 0 bridgehead atoms. The van der Waals surface area contributed by atoms with Crippen LogP contribution in [-0.4, -0.2) is 45.3 Å². The van der Waals surface area contributed by atoms with Gasteiger partial charge >= 0.3 is 6.36 Å². The van der Waals surface area contributed by atoms with Gasteiger partial charge in [0.15, 0.2) is 0 Å². The van der Waals surface area contributed by atoms with Crippen molar-refractivity contribution in [1.29, 1.82) is 0 Å². The Balaban J connectivity index is 1.71. The number of sulfonamides is 1. The van der Waals surface area contributed by atoms with E-state index in [0.717, 1.165) is 37.4 Å². The van der Waals surface area contributed by atoms with E-state index >= 15 is 0 Å². The summed E-state index contributed by atoms with van der Waals surface area (Å²) < 4.78 is 65.7. The fourth-order valence-corrected chi connectivity index (χ4v) is 4.20. The van der Waals surface area contributed by atoms with Crippen molar-refractivity contribution in [3.63, 3.8) is 0 Å². The first-order chi connectivity index (χ1) is 9.70. The summed E-state index contributed by atoms with van der Waals surface area (Å²) in [5, 5.41) is 3.10. The van der Waals surface area contributed by atoms with Crippen LogP contribution in [0.1, 0.15) is 0 Å². The molecule has 2 aliphatic heterocycles. The second-order valence-electron chi connectivity index (χ2n) is 5.40. The quantitative estimate of drug-likeness (QED) is 0.908. The van der Waals surface area contributed by atoms with Crippen LogP contribution in [0.5, 0.6) is 5.75 Å². The summed E-state index contributed by atoms with van der Waals surface area (Å²) in [6.07, 6.45) is -4.79. The van der Waals surface area contributed by atoms with Crippen molar-refractivity contribution in [3.05, 3.63) is 24.3 Å². The minimum Gasteiger partial charge on any atom is -0.406 e. The van der Waals surface area contributed by atoms with Crippen LogP contribution in [-0.2, 0) is 10.0 Å². The molecular formula is C12H13F3N2O3S. The van der Waals surface area contributed by atoms with Crippen LogP contribution in [0.25, 0.3) is 0 Å². The SMILES string of the molecule is O=S(=O)(c1ccc(OC(F)(F)F)cc1)N1CC2(CNC2)C1. The third-order valence-corrected chi connectivity index (χ3v) is 5.52. The summed E-state index contributed by atoms with van der Waals surface area (Å²) in [7, 11) is -3.64. The van der Waals surface area contributed by atoms with Gasteiger partial charge in [-0.3, -0.25) is 0 Å². The molecule has 0 saturated carbocycles. The van der Waals surface area contributed by atoms with Gasteiger partial charge in [-0.2, -0.15) is 4.31 Å². The molecule has 2 heterocycles. The summed E-state index contributed by atoms with van der Waals surface area (Å²) in [6.45, 7) is 2.50. The Bertz CT molecular complexity index is 631. The van der Waals surface area contributed by atoms with Gasteiger partial charge in [-0.25, -0.2) is 8.42 Å². The Hall–Kier alpha value is -1.32. The lowest BCUT2D eigenvalue weighted by atomic mass is 9.76. The highest BCUT2D eigenvalue weighted by Crippen LogP contribution is 2.38. The van der Waals surface area contributed by atoms with Gasteiger partial charge in [0, 0.05) is 31.6 Å². The maximum atomic E-state index is 12.3. The molecule has 0 atom stereocenters. The number of ether oxygens (including phenoxy) is 1. The minimum absolute atomic E-state index is 0.0286. The maximum absolute atomic E-state index is 12.3. The van der Waals surface area contributed by atoms with Gasteiger partial charge in [0.25, 0.3) is 0 Å². The zero-order valence-electron chi connectivity index (χ0n) is 10.9. The molecule has 0 radical (unpaired) electrons. The van der Waals surface area contributed by atoms with E-state index in [0.29, 0.717) is 13.1 Å². The fourth-order valence-electron chi connectivity index (χ4n) is 2.54. The number of halogens is 3. The van der Waals surface area contributed by atoms with Gasteiger partial charge in [-0.1, -0.05) is 0 Å². The molecule has 2 saturated heterocycles. The van der Waals surface area contributed by atoms with E-state index in [1.165, 1.54) is 4.31 Å². The average molecular weight is 322 g/mol. The van der Waals surface area contributed by atoms with Crippen molar-refractivity contribution < 1.29 is 26.3 Å². The highest BCUT2D eigenvalue weighted by atomic mass is 32.2. The van der Waals surface area contributed by atoms with Gasteiger partial charge in [0.2, 0.25) is 10.0 Å². The van der Waals surface area contributed by atoms with Crippen molar-refractivity contribution >= 4 is 10.0 Å². The summed E-state index contributed by atoms with van der Waals surface area (Å²) in [5.41, 5.74) is 0.0480. The van der Waals surface area contributed by atoms with Crippen LogP contribution in [0.4, 0.5) is 13.2 Å². The first-order valence-corrected chi connectivity index (χ1v) is 7.71. The van der Waals surface area contributed by atoms with Gasteiger partial charge in [0.05, 0.1) is 4.90 Å². The Kier molecular flexibility index (Phi) is 3.19. The largest absolute Gasteiger partial charge is 0.573 e. The van der Waals surface area contributed by atoms with E-state index in [9.17, 15) is 21.6 Å². The second-order valence-corrected chi connectivity index (χ2v) is 7.33. The van der Waals surface area contributed by atoms with Crippen LogP contribution in [0.3, 0.4) is 0 Å². The lowest BCUT2D eigenvalue weighted by Gasteiger charge is -2.55. The summed E-state index contributed by atoms with van der Waals surface area (Å²) in [5.74, 6) is -0.440. The first kappa shape index (κ1) is 14.6. The molecule has 0 unspecified atom stereocenters. The molecular weight excluding hydrogens is 309 g/mol. The molecule has 3 rings (SSSR count). The Morgan fingerprint density at radius 2 is 1.71 bits per heavy atom. The van der Waals surface area contributed by atoms with Crippen molar-refractivity contribution in [1.82, 2.24) is 9.62 Å². The molecule has 21 heavy (non-hydrogen) atoms. The molecule has 0 aliphatic carbocycles.